The van der Waals surface area contributed by atoms with Crippen LogP contribution in [0.15, 0.2) is 30.3 Å². The van der Waals surface area contributed by atoms with Gasteiger partial charge >= 0.3 is 0 Å². The quantitative estimate of drug-likeness (QED) is 0.867. The second-order valence-corrected chi connectivity index (χ2v) is 6.08. The van der Waals surface area contributed by atoms with Crippen molar-refractivity contribution in [1.82, 2.24) is 14.7 Å². The number of amides is 1. The molecule has 2 aromatic rings. The molecule has 6 heteroatoms. The third-order valence-corrected chi connectivity index (χ3v) is 4.63. The van der Waals surface area contributed by atoms with Crippen molar-refractivity contribution in [3.05, 3.63) is 46.7 Å². The number of hydrogen-bond donors (Lipinski definition) is 0. The molecule has 1 aliphatic rings. The lowest BCUT2D eigenvalue weighted by Gasteiger charge is -2.31. The Hall–Kier alpha value is -1.85. The van der Waals surface area contributed by atoms with Crippen LogP contribution in [-0.2, 0) is 4.74 Å². The number of nitrogens with zero attached hydrogens (tertiary/aromatic N) is 3. The lowest BCUT2D eigenvalue weighted by molar-refractivity contribution is 0.0350. The monoisotopic (exact) mass is 333 g/mol. The minimum absolute atomic E-state index is 0.0516. The van der Waals surface area contributed by atoms with Gasteiger partial charge in [0.1, 0.15) is 5.15 Å². The standard InChI is InChI=1S/C17H20ClN3O2/c1-12-15(17(22)20-10-8-14(23-2)9-11-20)16(18)21(19-12)13-6-4-3-5-7-13/h3-7,14H,8-11H2,1-2H3. The zero-order valence-electron chi connectivity index (χ0n) is 13.3. The minimum atomic E-state index is -0.0516. The van der Waals surface area contributed by atoms with Crippen LogP contribution in [0.4, 0.5) is 0 Å². The number of piperidine rings is 1. The number of rotatable bonds is 3. The lowest BCUT2D eigenvalue weighted by atomic mass is 10.1. The van der Waals surface area contributed by atoms with E-state index in [9.17, 15) is 4.79 Å². The van der Waals surface area contributed by atoms with Crippen LogP contribution in [0, 0.1) is 6.92 Å². The van der Waals surface area contributed by atoms with Gasteiger partial charge in [0, 0.05) is 20.2 Å². The van der Waals surface area contributed by atoms with Crippen LogP contribution in [0.2, 0.25) is 5.15 Å². The highest BCUT2D eigenvalue weighted by Crippen LogP contribution is 2.26. The Kier molecular flexibility index (Phi) is 4.68. The fraction of sp³-hybridized carbons (Fsp3) is 0.412. The predicted octanol–water partition coefficient (Wildman–Crippen LogP) is 3.09. The minimum Gasteiger partial charge on any atom is -0.381 e. The molecule has 1 aromatic heterocycles. The Morgan fingerprint density at radius 2 is 1.91 bits per heavy atom. The first-order chi connectivity index (χ1) is 11.1. The highest BCUT2D eigenvalue weighted by molar-refractivity contribution is 6.33. The zero-order valence-corrected chi connectivity index (χ0v) is 14.1. The number of carbonyl (C=O) groups is 1. The van der Waals surface area contributed by atoms with Gasteiger partial charge in [0.15, 0.2) is 0 Å². The van der Waals surface area contributed by atoms with Gasteiger partial charge in [-0.15, -0.1) is 0 Å². The van der Waals surface area contributed by atoms with Gasteiger partial charge in [0.2, 0.25) is 0 Å². The molecule has 1 amide bonds. The van der Waals surface area contributed by atoms with E-state index in [4.69, 9.17) is 16.3 Å². The van der Waals surface area contributed by atoms with Crippen molar-refractivity contribution in [2.24, 2.45) is 0 Å². The predicted molar refractivity (Wildman–Crippen MR) is 89.2 cm³/mol. The van der Waals surface area contributed by atoms with Gasteiger partial charge in [-0.05, 0) is 31.9 Å². The van der Waals surface area contributed by atoms with E-state index in [-0.39, 0.29) is 12.0 Å². The first kappa shape index (κ1) is 16.0. The molecule has 0 radical (unpaired) electrons. The molecule has 0 atom stereocenters. The molecule has 1 saturated heterocycles. The molecule has 23 heavy (non-hydrogen) atoms. The van der Waals surface area contributed by atoms with E-state index in [1.54, 1.807) is 11.8 Å². The summed E-state index contributed by atoms with van der Waals surface area (Å²) in [5.74, 6) is -0.0516. The van der Waals surface area contributed by atoms with Crippen molar-refractivity contribution in [3.63, 3.8) is 0 Å². The summed E-state index contributed by atoms with van der Waals surface area (Å²) in [6.45, 7) is 3.19. The number of methoxy groups -OCH3 is 1. The molecule has 122 valence electrons. The van der Waals surface area contributed by atoms with E-state index in [2.05, 4.69) is 5.10 Å². The Labute approximate surface area is 140 Å². The van der Waals surface area contributed by atoms with E-state index in [1.165, 1.54) is 0 Å². The van der Waals surface area contributed by atoms with Crippen LogP contribution in [-0.4, -0.2) is 46.9 Å². The molecule has 1 aromatic carbocycles. The second kappa shape index (κ2) is 6.72. The molecule has 1 aliphatic heterocycles. The van der Waals surface area contributed by atoms with Gasteiger partial charge in [0.25, 0.3) is 5.91 Å². The van der Waals surface area contributed by atoms with Gasteiger partial charge in [-0.1, -0.05) is 29.8 Å². The number of para-hydroxylation sites is 1. The van der Waals surface area contributed by atoms with Crippen LogP contribution < -0.4 is 0 Å². The van der Waals surface area contributed by atoms with Crippen molar-refractivity contribution < 1.29 is 9.53 Å². The third kappa shape index (κ3) is 3.12. The lowest BCUT2D eigenvalue weighted by Crippen LogP contribution is -2.40. The van der Waals surface area contributed by atoms with E-state index >= 15 is 0 Å². The molecule has 0 aliphatic carbocycles. The summed E-state index contributed by atoms with van der Waals surface area (Å²) >= 11 is 6.46. The number of benzene rings is 1. The summed E-state index contributed by atoms with van der Waals surface area (Å²) in [6.07, 6.45) is 1.94. The smallest absolute Gasteiger partial charge is 0.258 e. The molecule has 1 fully saturated rings. The maximum atomic E-state index is 12.8. The maximum absolute atomic E-state index is 12.8. The average molecular weight is 334 g/mol. The highest BCUT2D eigenvalue weighted by Gasteiger charge is 2.28. The fourth-order valence-electron chi connectivity index (χ4n) is 2.94. The van der Waals surface area contributed by atoms with Crippen molar-refractivity contribution in [2.45, 2.75) is 25.9 Å². The second-order valence-electron chi connectivity index (χ2n) is 5.73. The first-order valence-electron chi connectivity index (χ1n) is 7.74. The molecule has 0 N–H and O–H groups in total. The Morgan fingerprint density at radius 3 is 2.52 bits per heavy atom. The van der Waals surface area contributed by atoms with Crippen LogP contribution in [0.25, 0.3) is 5.69 Å². The van der Waals surface area contributed by atoms with Crippen molar-refractivity contribution in [1.29, 1.82) is 0 Å². The molecule has 5 nitrogen and oxygen atoms in total. The van der Waals surface area contributed by atoms with Crippen LogP contribution in [0.5, 0.6) is 0 Å². The topological polar surface area (TPSA) is 47.4 Å². The summed E-state index contributed by atoms with van der Waals surface area (Å²) in [6, 6.07) is 9.59. The van der Waals surface area contributed by atoms with Gasteiger partial charge in [0.05, 0.1) is 23.0 Å². The third-order valence-electron chi connectivity index (χ3n) is 4.28. The largest absolute Gasteiger partial charge is 0.381 e. The van der Waals surface area contributed by atoms with Crippen LogP contribution in [0.1, 0.15) is 28.9 Å². The summed E-state index contributed by atoms with van der Waals surface area (Å²) in [4.78, 5) is 14.7. The van der Waals surface area contributed by atoms with Gasteiger partial charge in [-0.2, -0.15) is 5.10 Å². The zero-order chi connectivity index (χ0) is 16.4. The molecule has 0 unspecified atom stereocenters. The Bertz CT molecular complexity index is 691. The normalized spacial score (nSPS) is 15.9. The van der Waals surface area contributed by atoms with Gasteiger partial charge in [-0.3, -0.25) is 4.79 Å². The van der Waals surface area contributed by atoms with Crippen molar-refractivity contribution in [2.75, 3.05) is 20.2 Å². The molecular weight excluding hydrogens is 314 g/mol. The average Bonchev–Trinajstić information content (AvgIpc) is 2.89. The number of likely N-dealkylation sites (tertiary alicyclic amines) is 1. The molecular formula is C17H20ClN3O2. The summed E-state index contributed by atoms with van der Waals surface area (Å²) in [5, 5.41) is 4.81. The van der Waals surface area contributed by atoms with E-state index in [0.717, 1.165) is 18.5 Å². The van der Waals surface area contributed by atoms with Gasteiger partial charge < -0.3 is 9.64 Å². The van der Waals surface area contributed by atoms with Crippen LogP contribution >= 0.6 is 11.6 Å². The number of hydrogen-bond acceptors (Lipinski definition) is 3. The van der Waals surface area contributed by atoms with E-state index < -0.39 is 0 Å². The molecule has 2 heterocycles. The first-order valence-corrected chi connectivity index (χ1v) is 8.12. The van der Waals surface area contributed by atoms with E-state index in [1.807, 2.05) is 42.2 Å². The maximum Gasteiger partial charge on any atom is 0.258 e. The summed E-state index contributed by atoms with van der Waals surface area (Å²) in [5.41, 5.74) is 1.99. The van der Waals surface area contributed by atoms with Gasteiger partial charge in [-0.25, -0.2) is 4.68 Å². The molecule has 0 saturated carbocycles. The number of aromatic nitrogens is 2. The highest BCUT2D eigenvalue weighted by atomic mass is 35.5. The number of carbonyl (C=O) groups excluding carboxylic acids is 1. The van der Waals surface area contributed by atoms with Crippen molar-refractivity contribution in [3.8, 4) is 5.69 Å². The number of ether oxygens (including phenoxy) is 1. The van der Waals surface area contributed by atoms with Crippen molar-refractivity contribution >= 4 is 17.5 Å². The van der Waals surface area contributed by atoms with Crippen LogP contribution in [0.3, 0.4) is 0 Å². The summed E-state index contributed by atoms with van der Waals surface area (Å²) < 4.78 is 6.97. The molecule has 0 bridgehead atoms. The number of halogens is 1. The fourth-order valence-corrected chi connectivity index (χ4v) is 3.29. The Balaban J connectivity index is 1.86. The molecule has 0 spiro atoms. The number of aryl methyl sites for hydroxylation is 1. The molecule has 3 rings (SSSR count). The SMILES string of the molecule is COC1CCN(C(=O)c2c(C)nn(-c3ccccc3)c2Cl)CC1. The van der Waals surface area contributed by atoms with E-state index in [0.29, 0.717) is 29.5 Å². The summed E-state index contributed by atoms with van der Waals surface area (Å²) in [7, 11) is 1.72. The Morgan fingerprint density at radius 1 is 1.26 bits per heavy atom.